The van der Waals surface area contributed by atoms with Gasteiger partial charge in [0.2, 0.25) is 0 Å². The lowest BCUT2D eigenvalue weighted by atomic mass is 10.1. The molecular formula is C19H21ClN2. The molecule has 0 unspecified atom stereocenters. The minimum atomic E-state index is 0.613. The Morgan fingerprint density at radius 2 is 1.50 bits per heavy atom. The van der Waals surface area contributed by atoms with Crippen LogP contribution in [0.4, 0.5) is 11.4 Å². The number of rotatable bonds is 5. The Hall–Kier alpha value is -1.93. The summed E-state index contributed by atoms with van der Waals surface area (Å²) in [6.45, 7) is 6.21. The van der Waals surface area contributed by atoms with Gasteiger partial charge in [0.1, 0.15) is 5.17 Å². The third kappa shape index (κ3) is 4.81. The Morgan fingerprint density at radius 1 is 0.864 bits per heavy atom. The van der Waals surface area contributed by atoms with Crippen LogP contribution in [0.3, 0.4) is 0 Å². The van der Waals surface area contributed by atoms with E-state index in [0.29, 0.717) is 11.6 Å². The van der Waals surface area contributed by atoms with Crippen molar-refractivity contribution in [3.63, 3.8) is 0 Å². The maximum absolute atomic E-state index is 6.22. The van der Waals surface area contributed by atoms with Crippen molar-refractivity contribution in [3.05, 3.63) is 59.7 Å². The van der Waals surface area contributed by atoms with E-state index in [2.05, 4.69) is 37.0 Å². The molecule has 0 aliphatic heterocycles. The highest BCUT2D eigenvalue weighted by atomic mass is 35.5. The number of nitrogens with zero attached hydrogens (tertiary/aromatic N) is 2. The SMILES string of the molecule is CC(CCC(Cl)=Nc1ccccc1)=Nc1c(C)cccc1C. The van der Waals surface area contributed by atoms with E-state index in [4.69, 9.17) is 16.6 Å². The average molecular weight is 313 g/mol. The van der Waals surface area contributed by atoms with Crippen LogP contribution >= 0.6 is 11.6 Å². The van der Waals surface area contributed by atoms with Crippen molar-refractivity contribution in [3.8, 4) is 0 Å². The molecule has 0 bridgehead atoms. The third-order valence-electron chi connectivity index (χ3n) is 3.44. The lowest BCUT2D eigenvalue weighted by molar-refractivity contribution is 1.14. The van der Waals surface area contributed by atoms with Gasteiger partial charge in [-0.15, -0.1) is 0 Å². The Labute approximate surface area is 137 Å². The van der Waals surface area contributed by atoms with Crippen LogP contribution in [0.2, 0.25) is 0 Å². The van der Waals surface area contributed by atoms with Gasteiger partial charge in [0.15, 0.2) is 0 Å². The maximum atomic E-state index is 6.22. The largest absolute Gasteiger partial charge is 0.258 e. The summed E-state index contributed by atoms with van der Waals surface area (Å²) < 4.78 is 0. The molecule has 0 spiro atoms. The summed E-state index contributed by atoms with van der Waals surface area (Å²) in [6.07, 6.45) is 1.51. The zero-order valence-corrected chi connectivity index (χ0v) is 14.1. The average Bonchev–Trinajstić information content (AvgIpc) is 2.50. The van der Waals surface area contributed by atoms with E-state index in [1.807, 2.05) is 37.3 Å². The van der Waals surface area contributed by atoms with E-state index in [9.17, 15) is 0 Å². The normalized spacial score (nSPS) is 12.5. The summed E-state index contributed by atoms with van der Waals surface area (Å²) in [5.74, 6) is 0. The molecule has 0 N–H and O–H groups in total. The van der Waals surface area contributed by atoms with E-state index in [-0.39, 0.29) is 0 Å². The second-order valence-electron chi connectivity index (χ2n) is 5.41. The number of hydrogen-bond acceptors (Lipinski definition) is 2. The number of hydrogen-bond donors (Lipinski definition) is 0. The van der Waals surface area contributed by atoms with Gasteiger partial charge in [-0.2, -0.15) is 0 Å². The number of benzene rings is 2. The molecule has 0 amide bonds. The molecule has 0 fully saturated rings. The van der Waals surface area contributed by atoms with Crippen LogP contribution < -0.4 is 0 Å². The van der Waals surface area contributed by atoms with Crippen LogP contribution in [0.5, 0.6) is 0 Å². The van der Waals surface area contributed by atoms with Gasteiger partial charge in [0, 0.05) is 12.1 Å². The summed E-state index contributed by atoms with van der Waals surface area (Å²) >= 11 is 6.22. The van der Waals surface area contributed by atoms with Gasteiger partial charge in [-0.3, -0.25) is 4.99 Å². The number of halogens is 1. The molecule has 114 valence electrons. The molecule has 22 heavy (non-hydrogen) atoms. The van der Waals surface area contributed by atoms with Crippen molar-refractivity contribution < 1.29 is 0 Å². The van der Waals surface area contributed by atoms with Crippen LogP contribution in [-0.2, 0) is 0 Å². The van der Waals surface area contributed by atoms with Crippen molar-refractivity contribution in [2.75, 3.05) is 0 Å². The molecule has 0 saturated heterocycles. The molecule has 2 aromatic carbocycles. The Balaban J connectivity index is 2.02. The van der Waals surface area contributed by atoms with Crippen LogP contribution in [0.15, 0.2) is 58.5 Å². The fourth-order valence-corrected chi connectivity index (χ4v) is 2.40. The van der Waals surface area contributed by atoms with Crippen LogP contribution in [0.1, 0.15) is 30.9 Å². The topological polar surface area (TPSA) is 24.7 Å². The van der Waals surface area contributed by atoms with Crippen molar-refractivity contribution in [2.45, 2.75) is 33.6 Å². The quantitative estimate of drug-likeness (QED) is 0.592. The zero-order valence-electron chi connectivity index (χ0n) is 13.3. The smallest absolute Gasteiger partial charge is 0.107 e. The van der Waals surface area contributed by atoms with Gasteiger partial charge in [0.05, 0.1) is 11.4 Å². The first-order valence-electron chi connectivity index (χ1n) is 7.45. The predicted molar refractivity (Wildman–Crippen MR) is 97.3 cm³/mol. The number of aliphatic imine (C=N–C) groups is 2. The lowest BCUT2D eigenvalue weighted by Gasteiger charge is -2.06. The number of aryl methyl sites for hydroxylation is 2. The van der Waals surface area contributed by atoms with Gasteiger partial charge in [-0.05, 0) is 50.5 Å². The summed E-state index contributed by atoms with van der Waals surface area (Å²) in [6, 6.07) is 16.0. The second kappa shape index (κ2) is 7.90. The van der Waals surface area contributed by atoms with E-state index in [1.54, 1.807) is 0 Å². The molecule has 0 aromatic heterocycles. The van der Waals surface area contributed by atoms with Crippen LogP contribution in [0.25, 0.3) is 0 Å². The molecule has 0 radical (unpaired) electrons. The molecular weight excluding hydrogens is 292 g/mol. The zero-order chi connectivity index (χ0) is 15.9. The fraction of sp³-hybridized carbons (Fsp3) is 0.263. The molecule has 0 atom stereocenters. The first kappa shape index (κ1) is 16.4. The van der Waals surface area contributed by atoms with E-state index in [1.165, 1.54) is 11.1 Å². The van der Waals surface area contributed by atoms with Crippen molar-refractivity contribution in [2.24, 2.45) is 9.98 Å². The van der Waals surface area contributed by atoms with Crippen LogP contribution in [0, 0.1) is 13.8 Å². The highest BCUT2D eigenvalue weighted by Gasteiger charge is 2.03. The highest BCUT2D eigenvalue weighted by Crippen LogP contribution is 2.23. The lowest BCUT2D eigenvalue weighted by Crippen LogP contribution is -1.96. The van der Waals surface area contributed by atoms with E-state index >= 15 is 0 Å². The van der Waals surface area contributed by atoms with Gasteiger partial charge < -0.3 is 0 Å². The third-order valence-corrected chi connectivity index (χ3v) is 3.72. The summed E-state index contributed by atoms with van der Waals surface area (Å²) in [4.78, 5) is 9.14. The van der Waals surface area contributed by atoms with Crippen molar-refractivity contribution >= 4 is 33.9 Å². The van der Waals surface area contributed by atoms with Gasteiger partial charge >= 0.3 is 0 Å². The fourth-order valence-electron chi connectivity index (χ4n) is 2.21. The Kier molecular flexibility index (Phi) is 5.91. The first-order valence-corrected chi connectivity index (χ1v) is 7.82. The first-order chi connectivity index (χ1) is 10.6. The molecule has 0 aliphatic carbocycles. The standard InChI is InChI=1S/C19H21ClN2/c1-14-8-7-9-15(2)19(14)21-16(3)12-13-18(20)22-17-10-5-4-6-11-17/h4-11H,12-13H2,1-3H3. The molecule has 0 saturated carbocycles. The molecule has 2 nitrogen and oxygen atoms in total. The molecule has 2 aromatic rings. The van der Waals surface area contributed by atoms with Gasteiger partial charge in [0.25, 0.3) is 0 Å². The highest BCUT2D eigenvalue weighted by molar-refractivity contribution is 6.65. The molecule has 3 heteroatoms. The number of para-hydroxylation sites is 2. The molecule has 0 aliphatic rings. The van der Waals surface area contributed by atoms with Crippen molar-refractivity contribution in [1.82, 2.24) is 0 Å². The summed E-state index contributed by atoms with van der Waals surface area (Å²) in [5.41, 5.74) is 5.42. The molecule has 0 heterocycles. The predicted octanol–water partition coefficient (Wildman–Crippen LogP) is 6.15. The van der Waals surface area contributed by atoms with E-state index < -0.39 is 0 Å². The molecule has 2 rings (SSSR count). The minimum Gasteiger partial charge on any atom is -0.258 e. The Morgan fingerprint density at radius 3 is 2.14 bits per heavy atom. The second-order valence-corrected chi connectivity index (χ2v) is 5.85. The summed E-state index contributed by atoms with van der Waals surface area (Å²) in [7, 11) is 0. The van der Waals surface area contributed by atoms with E-state index in [0.717, 1.165) is 23.5 Å². The van der Waals surface area contributed by atoms with Crippen molar-refractivity contribution in [1.29, 1.82) is 0 Å². The van der Waals surface area contributed by atoms with Crippen LogP contribution in [-0.4, -0.2) is 10.9 Å². The van der Waals surface area contributed by atoms with Gasteiger partial charge in [-0.25, -0.2) is 4.99 Å². The Bertz CT molecular complexity index is 668. The van der Waals surface area contributed by atoms with Gasteiger partial charge in [-0.1, -0.05) is 48.0 Å². The summed E-state index contributed by atoms with van der Waals surface area (Å²) in [5, 5.41) is 0.613. The maximum Gasteiger partial charge on any atom is 0.107 e. The monoisotopic (exact) mass is 312 g/mol. The minimum absolute atomic E-state index is 0.613.